The summed E-state index contributed by atoms with van der Waals surface area (Å²) >= 11 is 0. The number of pyridine rings is 3. The van der Waals surface area contributed by atoms with Gasteiger partial charge in [0.05, 0.1) is 19.8 Å². The number of nitrogens with zero attached hydrogens (tertiary/aromatic N) is 10. The number of likely N-dealkylation sites (N-methyl/N-ethyl adjacent to an activating group) is 1. The number of ether oxygens (including phenoxy) is 4. The molecule has 8 heterocycles. The highest BCUT2D eigenvalue weighted by atomic mass is 16.5. The number of anilines is 6. The van der Waals surface area contributed by atoms with Crippen molar-refractivity contribution in [2.75, 3.05) is 69.6 Å². The third-order valence-electron chi connectivity index (χ3n) is 18.1. The minimum absolute atomic E-state index is 0. The molecule has 6 aromatic heterocycles. The van der Waals surface area contributed by atoms with Gasteiger partial charge in [-0.05, 0) is 168 Å². The Morgan fingerprint density at radius 3 is 1.32 bits per heavy atom. The molecule has 498 valence electrons. The highest BCUT2D eigenvalue weighted by Crippen LogP contribution is 2.35. The van der Waals surface area contributed by atoms with Gasteiger partial charge in [-0.3, -0.25) is 28.1 Å². The van der Waals surface area contributed by atoms with E-state index in [0.717, 1.165) is 152 Å². The molecule has 5 aliphatic rings. The van der Waals surface area contributed by atoms with Crippen molar-refractivity contribution in [1.82, 2.24) is 48.5 Å². The SMILES string of the molecule is CC.CC.COCCOc1ccc(Nc2ncc3ccc(=O)n(C4CCCC4)c3n2)c(C)c1.Cc1cc(C2CCN(C)C2)ccc1Nc1ncc2ccc(=O)n(C3CCCC3)c2n1.Cc1cc(OC2CCOC2)ccc1Nc1ncc2ccc(=O)n(C3CCCC3)c2n1.[HH].[HH].[HH]. The molecule has 0 bridgehead atoms. The lowest BCUT2D eigenvalue weighted by molar-refractivity contribution is 0.141. The molecule has 3 aliphatic carbocycles. The van der Waals surface area contributed by atoms with E-state index in [-0.39, 0.29) is 45.2 Å². The topological polar surface area (TPSA) is 220 Å². The number of aromatic nitrogens is 9. The first kappa shape index (κ1) is 67.3. The van der Waals surface area contributed by atoms with Gasteiger partial charge in [-0.1, -0.05) is 78.4 Å². The Hall–Kier alpha value is -8.59. The second kappa shape index (κ2) is 32.3. The highest BCUT2D eigenvalue weighted by molar-refractivity contribution is 5.78. The largest absolute Gasteiger partial charge is 0.491 e. The zero-order chi connectivity index (χ0) is 65.4. The van der Waals surface area contributed by atoms with Crippen molar-refractivity contribution < 1.29 is 23.2 Å². The van der Waals surface area contributed by atoms with Crippen LogP contribution in [0.25, 0.3) is 33.1 Å². The summed E-state index contributed by atoms with van der Waals surface area (Å²) in [5, 5.41) is 12.6. The molecule has 5 fully saturated rings. The lowest BCUT2D eigenvalue weighted by atomic mass is 9.96. The van der Waals surface area contributed by atoms with Gasteiger partial charge in [-0.15, -0.1) is 0 Å². The van der Waals surface area contributed by atoms with Gasteiger partial charge >= 0.3 is 0 Å². The average molecular weight is 1270 g/mol. The summed E-state index contributed by atoms with van der Waals surface area (Å²) in [6.45, 7) is 18.9. The number of fused-ring (bicyclic) bond motifs is 3. The normalized spacial score (nSPS) is 17.4. The highest BCUT2D eigenvalue weighted by Gasteiger charge is 2.26. The Labute approximate surface area is 550 Å². The molecule has 2 unspecified atom stereocenters. The molecule has 20 heteroatoms. The number of methoxy groups -OCH3 is 1. The molecule has 3 aromatic carbocycles. The maximum Gasteiger partial charge on any atom is 0.252 e. The molecule has 0 radical (unpaired) electrons. The van der Waals surface area contributed by atoms with Crippen LogP contribution in [0.5, 0.6) is 11.5 Å². The van der Waals surface area contributed by atoms with Crippen LogP contribution in [0.3, 0.4) is 0 Å². The maximum atomic E-state index is 12.6. The van der Waals surface area contributed by atoms with Gasteiger partial charge in [0.25, 0.3) is 16.7 Å². The van der Waals surface area contributed by atoms with Crippen LogP contribution in [0.1, 0.15) is 168 Å². The molecule has 93 heavy (non-hydrogen) atoms. The monoisotopic (exact) mass is 1270 g/mol. The predicted molar refractivity (Wildman–Crippen MR) is 378 cm³/mol. The third-order valence-corrected chi connectivity index (χ3v) is 18.1. The van der Waals surface area contributed by atoms with Crippen LogP contribution in [0.15, 0.2) is 124 Å². The standard InChI is InChI=1S/C24H29N5O.C23H26N4O3.C22H26N4O3.2C2H6.3H2/c1-16-13-17(19-11-12-28(2)15-19)7-9-21(16)26-24-25-14-18-8-10-22(30)29(23(18)27-24)20-5-3-4-6-20;1-15-12-18(30-19-10-11-29-14-19)7-8-20(15)25-23-24-13-16-6-9-21(28)27(22(16)26-23)17-4-2-3-5-17;1-15-13-18(29-12-11-28-2)8-9-19(15)24-22-23-14-16-7-10-20(27)26(21(16)25-22)17-5-3-4-6-17;2*1-2;;;/h7-10,13-14,19-20H,3-6,11-12,15H2,1-2H3,(H,25,26,27);6-9,12-13,17,19H,2-5,10-11,14H2,1H3,(H,24,25,26);7-10,13-14,17H,3-6,11-12H2,1-2H3,(H,23,24,25);2*1-2H3;3*1H. The molecule has 0 amide bonds. The summed E-state index contributed by atoms with van der Waals surface area (Å²) in [5.41, 5.74) is 9.63. The summed E-state index contributed by atoms with van der Waals surface area (Å²) in [4.78, 5) is 67.7. The average Bonchev–Trinajstić information content (AvgIpc) is 0.838. The number of likely N-dealkylation sites (tertiary alicyclic amines) is 1. The van der Waals surface area contributed by atoms with E-state index in [9.17, 15) is 14.4 Å². The fourth-order valence-electron chi connectivity index (χ4n) is 13.2. The first-order valence-electron chi connectivity index (χ1n) is 33.7. The zero-order valence-corrected chi connectivity index (χ0v) is 55.8. The van der Waals surface area contributed by atoms with Gasteiger partial charge in [0.1, 0.15) is 41.2 Å². The van der Waals surface area contributed by atoms with Crippen LogP contribution in [0.4, 0.5) is 34.9 Å². The zero-order valence-electron chi connectivity index (χ0n) is 55.8. The summed E-state index contributed by atoms with van der Waals surface area (Å²) in [6, 6.07) is 29.4. The van der Waals surface area contributed by atoms with Crippen molar-refractivity contribution in [2.24, 2.45) is 0 Å². The van der Waals surface area contributed by atoms with E-state index in [1.54, 1.807) is 49.8 Å². The maximum absolute atomic E-state index is 12.6. The van der Waals surface area contributed by atoms with Crippen LogP contribution in [-0.2, 0) is 9.47 Å². The summed E-state index contributed by atoms with van der Waals surface area (Å²) in [6.07, 6.45) is 20.8. The summed E-state index contributed by atoms with van der Waals surface area (Å²) in [5.74, 6) is 3.74. The van der Waals surface area contributed by atoms with Gasteiger partial charge in [0, 0.05) is 112 Å². The molecule has 9 aromatic rings. The lowest BCUT2D eigenvalue weighted by Crippen LogP contribution is -2.23. The molecular weight excluding hydrogens is 1170 g/mol. The second-order valence-corrected chi connectivity index (χ2v) is 24.5. The van der Waals surface area contributed by atoms with Gasteiger partial charge in [0.15, 0.2) is 0 Å². The number of rotatable bonds is 16. The molecule has 0 spiro atoms. The first-order valence-corrected chi connectivity index (χ1v) is 33.7. The quantitative estimate of drug-likeness (QED) is 0.0766. The Bertz CT molecular complexity index is 4170. The Morgan fingerprint density at radius 2 is 0.935 bits per heavy atom. The van der Waals surface area contributed by atoms with E-state index in [4.69, 9.17) is 33.9 Å². The summed E-state index contributed by atoms with van der Waals surface area (Å²) < 4.78 is 27.6. The van der Waals surface area contributed by atoms with Crippen LogP contribution < -0.4 is 42.1 Å². The van der Waals surface area contributed by atoms with Crippen molar-refractivity contribution in [1.29, 1.82) is 0 Å². The van der Waals surface area contributed by atoms with Crippen molar-refractivity contribution in [3.63, 3.8) is 0 Å². The van der Waals surface area contributed by atoms with E-state index in [2.05, 4.69) is 68.0 Å². The van der Waals surface area contributed by atoms with E-state index in [1.807, 2.05) is 104 Å². The van der Waals surface area contributed by atoms with Crippen LogP contribution in [0, 0.1) is 20.8 Å². The fourth-order valence-corrected chi connectivity index (χ4v) is 13.2. The van der Waals surface area contributed by atoms with E-state index in [1.165, 1.54) is 30.4 Å². The van der Waals surface area contributed by atoms with Crippen LogP contribution >= 0.6 is 0 Å². The second-order valence-electron chi connectivity index (χ2n) is 24.5. The van der Waals surface area contributed by atoms with Crippen LogP contribution in [0.2, 0.25) is 0 Å². The van der Waals surface area contributed by atoms with Gasteiger partial charge in [0.2, 0.25) is 17.8 Å². The molecule has 2 saturated heterocycles. The molecular formula is C73H99N13O7. The van der Waals surface area contributed by atoms with E-state index in [0.29, 0.717) is 54.9 Å². The summed E-state index contributed by atoms with van der Waals surface area (Å²) in [7, 11) is 3.84. The number of hydrogen-bond donors (Lipinski definition) is 3. The van der Waals surface area contributed by atoms with Crippen molar-refractivity contribution in [3.05, 3.63) is 163 Å². The van der Waals surface area contributed by atoms with Crippen molar-refractivity contribution in [3.8, 4) is 11.5 Å². The van der Waals surface area contributed by atoms with Crippen molar-refractivity contribution in [2.45, 2.75) is 169 Å². The molecule has 3 saturated carbocycles. The smallest absolute Gasteiger partial charge is 0.252 e. The van der Waals surface area contributed by atoms with Crippen LogP contribution in [-0.4, -0.2) is 108 Å². The number of aryl methyl sites for hydroxylation is 3. The minimum atomic E-state index is 0. The first-order chi connectivity index (χ1) is 45.4. The predicted octanol–water partition coefficient (Wildman–Crippen LogP) is 15.3. The molecule has 20 nitrogen and oxygen atoms in total. The van der Waals surface area contributed by atoms with Crippen molar-refractivity contribution >= 4 is 68.0 Å². The number of nitrogens with one attached hydrogen (secondary N) is 3. The van der Waals surface area contributed by atoms with E-state index < -0.39 is 0 Å². The molecule has 2 aliphatic heterocycles. The van der Waals surface area contributed by atoms with Gasteiger partial charge in [-0.25, -0.2) is 15.0 Å². The van der Waals surface area contributed by atoms with Gasteiger partial charge < -0.3 is 39.8 Å². The lowest BCUT2D eigenvalue weighted by Gasteiger charge is -2.17. The number of benzene rings is 3. The molecule has 14 rings (SSSR count). The minimum Gasteiger partial charge on any atom is -0.491 e. The molecule has 2 atom stereocenters. The van der Waals surface area contributed by atoms with E-state index >= 15 is 0 Å². The Morgan fingerprint density at radius 1 is 0.516 bits per heavy atom. The fraction of sp³-hybridized carbons (Fsp3) is 0.466. The Balaban J connectivity index is 0.000000195. The molecule has 3 N–H and O–H groups in total. The number of hydrogen-bond acceptors (Lipinski definition) is 17. The van der Waals surface area contributed by atoms with Gasteiger partial charge in [-0.2, -0.15) is 15.0 Å². The third kappa shape index (κ3) is 16.6. The Kier molecular flexibility index (Phi) is 23.4.